The van der Waals surface area contributed by atoms with Crippen LogP contribution in [-0.2, 0) is 11.8 Å². The molecule has 0 bridgehead atoms. The number of hydrogen-bond donors (Lipinski definition) is 1. The smallest absolute Gasteiger partial charge is 0.268 e. The second-order valence-electron chi connectivity index (χ2n) is 4.93. The molecule has 0 radical (unpaired) electrons. The van der Waals surface area contributed by atoms with Gasteiger partial charge >= 0.3 is 0 Å². The molecule has 20 heavy (non-hydrogen) atoms. The molecule has 2 rings (SSSR count). The molecule has 1 amide bonds. The van der Waals surface area contributed by atoms with Crippen LogP contribution in [0.1, 0.15) is 17.4 Å². The number of hydrogen-bond acceptors (Lipinski definition) is 3. The van der Waals surface area contributed by atoms with Gasteiger partial charge in [0.2, 0.25) is 0 Å². The standard InChI is InChI=1S/C13H19Cl2N3O2/c1-9(18-3-5-20-6-4-18)8-16-13(19)11-7-10(14)12(15)17(11)2/h7,9H,3-6,8H2,1-2H3,(H,16,19)/t9-/m1/s1. The van der Waals surface area contributed by atoms with Crippen molar-refractivity contribution in [2.45, 2.75) is 13.0 Å². The number of morpholine rings is 1. The Bertz CT molecular complexity index is 484. The number of nitrogens with zero attached hydrogens (tertiary/aromatic N) is 2. The quantitative estimate of drug-likeness (QED) is 0.920. The topological polar surface area (TPSA) is 46.5 Å². The predicted octanol–water partition coefficient (Wildman–Crippen LogP) is 1.78. The van der Waals surface area contributed by atoms with Crippen LogP contribution in [0.15, 0.2) is 6.07 Å². The normalized spacial score (nSPS) is 18.0. The second-order valence-corrected chi connectivity index (χ2v) is 5.70. The lowest BCUT2D eigenvalue weighted by Gasteiger charge is -2.32. The van der Waals surface area contributed by atoms with E-state index in [2.05, 4.69) is 17.1 Å². The molecule has 0 unspecified atom stereocenters. The van der Waals surface area contributed by atoms with Gasteiger partial charge < -0.3 is 14.6 Å². The number of rotatable bonds is 4. The summed E-state index contributed by atoms with van der Waals surface area (Å²) < 4.78 is 6.90. The van der Waals surface area contributed by atoms with Crippen LogP contribution in [-0.4, -0.2) is 54.3 Å². The molecule has 1 N–H and O–H groups in total. The highest BCUT2D eigenvalue weighted by Gasteiger charge is 2.19. The first-order chi connectivity index (χ1) is 9.50. The summed E-state index contributed by atoms with van der Waals surface area (Å²) in [5, 5.41) is 3.68. The average molecular weight is 320 g/mol. The molecule has 1 aromatic heterocycles. The summed E-state index contributed by atoms with van der Waals surface area (Å²) in [5.41, 5.74) is 0.467. The molecule has 0 aromatic carbocycles. The molecule has 1 fully saturated rings. The van der Waals surface area contributed by atoms with Gasteiger partial charge in [0, 0.05) is 32.7 Å². The first-order valence-electron chi connectivity index (χ1n) is 6.61. The monoisotopic (exact) mass is 319 g/mol. The SMILES string of the molecule is C[C@H](CNC(=O)c1cc(Cl)c(Cl)n1C)N1CCOCC1. The van der Waals surface area contributed by atoms with Gasteiger partial charge in [-0.1, -0.05) is 23.2 Å². The van der Waals surface area contributed by atoms with Crippen LogP contribution in [0.2, 0.25) is 10.2 Å². The van der Waals surface area contributed by atoms with Crippen molar-refractivity contribution in [2.75, 3.05) is 32.8 Å². The third kappa shape index (κ3) is 3.47. The third-order valence-electron chi connectivity index (χ3n) is 3.58. The Morgan fingerprint density at radius 2 is 2.10 bits per heavy atom. The molecule has 1 atom stereocenters. The molecule has 0 saturated carbocycles. The van der Waals surface area contributed by atoms with Crippen LogP contribution >= 0.6 is 23.2 Å². The summed E-state index contributed by atoms with van der Waals surface area (Å²) in [6.45, 7) is 5.98. The highest BCUT2D eigenvalue weighted by Crippen LogP contribution is 2.24. The summed E-state index contributed by atoms with van der Waals surface area (Å²) >= 11 is 11.9. The number of aromatic nitrogens is 1. The van der Waals surface area contributed by atoms with Gasteiger partial charge in [0.1, 0.15) is 10.8 Å². The van der Waals surface area contributed by atoms with Crippen molar-refractivity contribution in [1.29, 1.82) is 0 Å². The number of halogens is 2. The van der Waals surface area contributed by atoms with Gasteiger partial charge in [0.25, 0.3) is 5.91 Å². The van der Waals surface area contributed by atoms with Crippen LogP contribution in [0.3, 0.4) is 0 Å². The molecule has 7 heteroatoms. The first kappa shape index (κ1) is 15.6. The molecule has 2 heterocycles. The van der Waals surface area contributed by atoms with E-state index in [4.69, 9.17) is 27.9 Å². The summed E-state index contributed by atoms with van der Waals surface area (Å²) in [6.07, 6.45) is 0. The Kier molecular flexibility index (Phi) is 5.32. The summed E-state index contributed by atoms with van der Waals surface area (Å²) in [5.74, 6) is -0.165. The highest BCUT2D eigenvalue weighted by atomic mass is 35.5. The van der Waals surface area contributed by atoms with Gasteiger partial charge in [-0.15, -0.1) is 0 Å². The van der Waals surface area contributed by atoms with Gasteiger partial charge in [-0.05, 0) is 13.0 Å². The number of carbonyl (C=O) groups is 1. The molecule has 1 saturated heterocycles. The van der Waals surface area contributed by atoms with E-state index in [9.17, 15) is 4.79 Å². The Hall–Kier alpha value is -0.750. The minimum Gasteiger partial charge on any atom is -0.379 e. The minimum absolute atomic E-state index is 0.165. The molecule has 1 aromatic rings. The van der Waals surface area contributed by atoms with Gasteiger partial charge in [-0.3, -0.25) is 9.69 Å². The molecular weight excluding hydrogens is 301 g/mol. The fourth-order valence-corrected chi connectivity index (χ4v) is 2.61. The third-order valence-corrected chi connectivity index (χ3v) is 4.42. The van der Waals surface area contributed by atoms with E-state index in [1.54, 1.807) is 17.7 Å². The number of carbonyl (C=O) groups excluding carboxylic acids is 1. The Balaban J connectivity index is 1.89. The van der Waals surface area contributed by atoms with Gasteiger partial charge in [0.05, 0.1) is 18.2 Å². The molecule has 5 nitrogen and oxygen atoms in total. The van der Waals surface area contributed by atoms with Crippen LogP contribution in [0.5, 0.6) is 0 Å². The van der Waals surface area contributed by atoms with Crippen molar-refractivity contribution >= 4 is 29.1 Å². The van der Waals surface area contributed by atoms with Gasteiger partial charge in [-0.2, -0.15) is 0 Å². The van der Waals surface area contributed by atoms with E-state index in [0.717, 1.165) is 26.3 Å². The molecule has 1 aliphatic rings. The molecule has 0 spiro atoms. The molecule has 112 valence electrons. The maximum Gasteiger partial charge on any atom is 0.268 e. The maximum absolute atomic E-state index is 12.1. The lowest BCUT2D eigenvalue weighted by atomic mass is 10.2. The van der Waals surface area contributed by atoms with E-state index >= 15 is 0 Å². The Morgan fingerprint density at radius 3 is 2.65 bits per heavy atom. The van der Waals surface area contributed by atoms with E-state index < -0.39 is 0 Å². The second kappa shape index (κ2) is 6.80. The molecule has 0 aliphatic carbocycles. The zero-order valence-electron chi connectivity index (χ0n) is 11.7. The van der Waals surface area contributed by atoms with Crippen LogP contribution in [0.25, 0.3) is 0 Å². The van der Waals surface area contributed by atoms with Crippen LogP contribution in [0, 0.1) is 0 Å². The zero-order valence-corrected chi connectivity index (χ0v) is 13.2. The van der Waals surface area contributed by atoms with Crippen molar-refractivity contribution < 1.29 is 9.53 Å². The van der Waals surface area contributed by atoms with E-state index in [1.165, 1.54) is 0 Å². The van der Waals surface area contributed by atoms with Crippen molar-refractivity contribution in [3.8, 4) is 0 Å². The zero-order chi connectivity index (χ0) is 14.7. The summed E-state index contributed by atoms with van der Waals surface area (Å²) in [6, 6.07) is 1.85. The number of ether oxygens (including phenoxy) is 1. The average Bonchev–Trinajstić information content (AvgIpc) is 2.73. The van der Waals surface area contributed by atoms with E-state index in [-0.39, 0.29) is 11.9 Å². The van der Waals surface area contributed by atoms with Crippen LogP contribution < -0.4 is 5.32 Å². The summed E-state index contributed by atoms with van der Waals surface area (Å²) in [7, 11) is 1.72. The van der Waals surface area contributed by atoms with E-state index in [0.29, 0.717) is 22.4 Å². The molecular formula is C13H19Cl2N3O2. The maximum atomic E-state index is 12.1. The Morgan fingerprint density at radius 1 is 1.45 bits per heavy atom. The lowest BCUT2D eigenvalue weighted by Crippen LogP contribution is -2.47. The highest BCUT2D eigenvalue weighted by molar-refractivity contribution is 6.41. The molecule has 1 aliphatic heterocycles. The van der Waals surface area contributed by atoms with Crippen molar-refractivity contribution in [2.24, 2.45) is 7.05 Å². The largest absolute Gasteiger partial charge is 0.379 e. The minimum atomic E-state index is -0.165. The van der Waals surface area contributed by atoms with Crippen molar-refractivity contribution in [3.63, 3.8) is 0 Å². The Labute approximate surface area is 128 Å². The van der Waals surface area contributed by atoms with E-state index in [1.807, 2.05) is 0 Å². The predicted molar refractivity (Wildman–Crippen MR) is 79.6 cm³/mol. The first-order valence-corrected chi connectivity index (χ1v) is 7.37. The lowest BCUT2D eigenvalue weighted by molar-refractivity contribution is 0.0204. The summed E-state index contributed by atoms with van der Waals surface area (Å²) in [4.78, 5) is 14.4. The fourth-order valence-electron chi connectivity index (χ4n) is 2.24. The van der Waals surface area contributed by atoms with Crippen molar-refractivity contribution in [3.05, 3.63) is 21.9 Å². The fraction of sp³-hybridized carbons (Fsp3) is 0.615. The number of nitrogens with one attached hydrogen (secondary N) is 1. The number of amides is 1. The van der Waals surface area contributed by atoms with Crippen molar-refractivity contribution in [1.82, 2.24) is 14.8 Å². The van der Waals surface area contributed by atoms with Crippen LogP contribution in [0.4, 0.5) is 0 Å². The van der Waals surface area contributed by atoms with Gasteiger partial charge in [0.15, 0.2) is 0 Å². The van der Waals surface area contributed by atoms with Gasteiger partial charge in [-0.25, -0.2) is 0 Å².